The van der Waals surface area contributed by atoms with Gasteiger partial charge in [0.1, 0.15) is 0 Å². The van der Waals surface area contributed by atoms with Crippen LogP contribution >= 0.6 is 0 Å². The van der Waals surface area contributed by atoms with E-state index in [0.29, 0.717) is 11.3 Å². The van der Waals surface area contributed by atoms with Crippen LogP contribution in [0.2, 0.25) is 0 Å². The standard InChI is InChI=1S/C16H21NO3/c1-2-16(9-5-6-10-16)15(20)17-13-8-4-3-7-12(13)11-14(18)19/h3-4,7-8H,2,5-6,9-11H2,1H3,(H,17,20)(H,18,19). The summed E-state index contributed by atoms with van der Waals surface area (Å²) in [6, 6.07) is 7.12. The van der Waals surface area contributed by atoms with Crippen LogP contribution in [0.15, 0.2) is 24.3 Å². The van der Waals surface area contributed by atoms with Gasteiger partial charge in [0.25, 0.3) is 0 Å². The van der Waals surface area contributed by atoms with Crippen LogP contribution in [0.5, 0.6) is 0 Å². The third-order valence-electron chi connectivity index (χ3n) is 4.33. The summed E-state index contributed by atoms with van der Waals surface area (Å²) < 4.78 is 0. The van der Waals surface area contributed by atoms with E-state index in [9.17, 15) is 9.59 Å². The van der Waals surface area contributed by atoms with Crippen LogP contribution in [0, 0.1) is 5.41 Å². The van der Waals surface area contributed by atoms with E-state index in [4.69, 9.17) is 5.11 Å². The Morgan fingerprint density at radius 2 is 1.90 bits per heavy atom. The molecule has 2 N–H and O–H groups in total. The molecule has 0 aromatic heterocycles. The SMILES string of the molecule is CCC1(C(=O)Nc2ccccc2CC(=O)O)CCCC1. The minimum atomic E-state index is -0.891. The molecule has 0 unspecified atom stereocenters. The summed E-state index contributed by atoms with van der Waals surface area (Å²) in [5.41, 5.74) is 1.01. The summed E-state index contributed by atoms with van der Waals surface area (Å²) in [5.74, 6) is -0.854. The Kier molecular flexibility index (Phi) is 4.42. The lowest BCUT2D eigenvalue weighted by Crippen LogP contribution is -2.33. The van der Waals surface area contributed by atoms with Gasteiger partial charge in [-0.25, -0.2) is 0 Å². The topological polar surface area (TPSA) is 66.4 Å². The van der Waals surface area contributed by atoms with E-state index in [2.05, 4.69) is 5.32 Å². The van der Waals surface area contributed by atoms with Gasteiger partial charge in [-0.1, -0.05) is 38.0 Å². The van der Waals surface area contributed by atoms with Crippen LogP contribution in [0.25, 0.3) is 0 Å². The number of carboxylic acid groups (broad SMARTS) is 1. The predicted octanol–water partition coefficient (Wildman–Crippen LogP) is 3.22. The quantitative estimate of drug-likeness (QED) is 0.867. The molecule has 0 radical (unpaired) electrons. The van der Waals surface area contributed by atoms with Gasteiger partial charge in [-0.3, -0.25) is 9.59 Å². The van der Waals surface area contributed by atoms with Crippen LogP contribution in [0.1, 0.15) is 44.6 Å². The number of aliphatic carboxylic acids is 1. The molecule has 0 heterocycles. The zero-order valence-electron chi connectivity index (χ0n) is 11.8. The Hall–Kier alpha value is -1.84. The van der Waals surface area contributed by atoms with Crippen molar-refractivity contribution in [2.75, 3.05) is 5.32 Å². The third-order valence-corrected chi connectivity index (χ3v) is 4.33. The molecule has 4 nitrogen and oxygen atoms in total. The number of benzene rings is 1. The number of hydrogen-bond acceptors (Lipinski definition) is 2. The van der Waals surface area contributed by atoms with Gasteiger partial charge in [-0.2, -0.15) is 0 Å². The number of amides is 1. The molecule has 1 fully saturated rings. The van der Waals surface area contributed by atoms with E-state index in [0.717, 1.165) is 32.1 Å². The summed E-state index contributed by atoms with van der Waals surface area (Å²) in [6.45, 7) is 2.05. The first kappa shape index (κ1) is 14.6. The smallest absolute Gasteiger partial charge is 0.307 e. The molecule has 1 amide bonds. The molecule has 1 aromatic rings. The van der Waals surface area contributed by atoms with Crippen LogP contribution in [0.3, 0.4) is 0 Å². The Bertz CT molecular complexity index is 504. The molecular formula is C16H21NO3. The number of carbonyl (C=O) groups is 2. The maximum absolute atomic E-state index is 12.5. The zero-order valence-corrected chi connectivity index (χ0v) is 11.8. The second-order valence-corrected chi connectivity index (χ2v) is 5.52. The molecule has 0 spiro atoms. The van der Waals surface area contributed by atoms with E-state index in [1.54, 1.807) is 18.2 Å². The molecule has 0 saturated heterocycles. The zero-order chi connectivity index (χ0) is 14.6. The van der Waals surface area contributed by atoms with Gasteiger partial charge in [-0.15, -0.1) is 0 Å². The fourth-order valence-corrected chi connectivity index (χ4v) is 3.01. The average molecular weight is 275 g/mol. The van der Waals surface area contributed by atoms with Gasteiger partial charge < -0.3 is 10.4 Å². The van der Waals surface area contributed by atoms with E-state index in [1.807, 2.05) is 13.0 Å². The lowest BCUT2D eigenvalue weighted by Gasteiger charge is -2.26. The van der Waals surface area contributed by atoms with Crippen LogP contribution in [-0.2, 0) is 16.0 Å². The number of rotatable bonds is 5. The highest BCUT2D eigenvalue weighted by molar-refractivity contribution is 5.96. The number of nitrogens with one attached hydrogen (secondary N) is 1. The van der Waals surface area contributed by atoms with Crippen molar-refractivity contribution in [2.45, 2.75) is 45.4 Å². The summed E-state index contributed by atoms with van der Waals surface area (Å²) in [5, 5.41) is 11.9. The molecule has 1 aromatic carbocycles. The van der Waals surface area contributed by atoms with Crippen molar-refractivity contribution in [3.63, 3.8) is 0 Å². The second kappa shape index (κ2) is 6.07. The first-order valence-electron chi connectivity index (χ1n) is 7.18. The van der Waals surface area contributed by atoms with Crippen LogP contribution in [-0.4, -0.2) is 17.0 Å². The molecule has 1 saturated carbocycles. The van der Waals surface area contributed by atoms with Gasteiger partial charge in [-0.05, 0) is 30.9 Å². The molecule has 2 rings (SSSR count). The van der Waals surface area contributed by atoms with E-state index in [1.165, 1.54) is 0 Å². The normalized spacial score (nSPS) is 16.9. The number of hydrogen-bond donors (Lipinski definition) is 2. The summed E-state index contributed by atoms with van der Waals surface area (Å²) in [6.07, 6.45) is 4.80. The molecule has 4 heteroatoms. The van der Waals surface area contributed by atoms with Crippen molar-refractivity contribution >= 4 is 17.6 Å². The average Bonchev–Trinajstić information content (AvgIpc) is 2.90. The Morgan fingerprint density at radius 1 is 1.25 bits per heavy atom. The highest BCUT2D eigenvalue weighted by Gasteiger charge is 2.39. The number of para-hydroxylation sites is 1. The van der Waals surface area contributed by atoms with Gasteiger partial charge >= 0.3 is 5.97 Å². The Balaban J connectivity index is 2.17. The van der Waals surface area contributed by atoms with Gasteiger partial charge in [0.2, 0.25) is 5.91 Å². The molecular weight excluding hydrogens is 254 g/mol. The van der Waals surface area contributed by atoms with Crippen molar-refractivity contribution in [3.05, 3.63) is 29.8 Å². The largest absolute Gasteiger partial charge is 0.481 e. The van der Waals surface area contributed by atoms with E-state index in [-0.39, 0.29) is 17.7 Å². The number of carboxylic acids is 1. The second-order valence-electron chi connectivity index (χ2n) is 5.52. The van der Waals surface area contributed by atoms with Crippen molar-refractivity contribution in [1.82, 2.24) is 0 Å². The van der Waals surface area contributed by atoms with Crippen LogP contribution in [0.4, 0.5) is 5.69 Å². The fourth-order valence-electron chi connectivity index (χ4n) is 3.01. The Morgan fingerprint density at radius 3 is 2.50 bits per heavy atom. The first-order valence-corrected chi connectivity index (χ1v) is 7.18. The summed E-state index contributed by atoms with van der Waals surface area (Å²) in [4.78, 5) is 23.4. The molecule has 108 valence electrons. The van der Waals surface area contributed by atoms with Gasteiger partial charge in [0, 0.05) is 11.1 Å². The summed E-state index contributed by atoms with van der Waals surface area (Å²) in [7, 11) is 0. The molecule has 0 atom stereocenters. The van der Waals surface area contributed by atoms with Crippen molar-refractivity contribution in [1.29, 1.82) is 0 Å². The minimum Gasteiger partial charge on any atom is -0.481 e. The first-order chi connectivity index (χ1) is 9.57. The highest BCUT2D eigenvalue weighted by Crippen LogP contribution is 2.42. The lowest BCUT2D eigenvalue weighted by molar-refractivity contribution is -0.136. The minimum absolute atomic E-state index is 0.0374. The monoisotopic (exact) mass is 275 g/mol. The van der Waals surface area contributed by atoms with Crippen molar-refractivity contribution in [2.24, 2.45) is 5.41 Å². The van der Waals surface area contributed by atoms with E-state index >= 15 is 0 Å². The molecule has 20 heavy (non-hydrogen) atoms. The Labute approximate surface area is 119 Å². The molecule has 0 aliphatic heterocycles. The highest BCUT2D eigenvalue weighted by atomic mass is 16.4. The molecule has 0 bridgehead atoms. The summed E-state index contributed by atoms with van der Waals surface area (Å²) >= 11 is 0. The fraction of sp³-hybridized carbons (Fsp3) is 0.500. The predicted molar refractivity (Wildman–Crippen MR) is 77.6 cm³/mol. The van der Waals surface area contributed by atoms with Crippen molar-refractivity contribution < 1.29 is 14.7 Å². The lowest BCUT2D eigenvalue weighted by atomic mass is 9.82. The maximum Gasteiger partial charge on any atom is 0.307 e. The van der Waals surface area contributed by atoms with Crippen molar-refractivity contribution in [3.8, 4) is 0 Å². The number of anilines is 1. The maximum atomic E-state index is 12.5. The van der Waals surface area contributed by atoms with Gasteiger partial charge in [0.15, 0.2) is 0 Å². The molecule has 1 aliphatic rings. The van der Waals surface area contributed by atoms with Crippen LogP contribution < -0.4 is 5.32 Å². The number of carbonyl (C=O) groups excluding carboxylic acids is 1. The molecule has 1 aliphatic carbocycles. The third kappa shape index (κ3) is 3.00. The van der Waals surface area contributed by atoms with E-state index < -0.39 is 5.97 Å². The van der Waals surface area contributed by atoms with Gasteiger partial charge in [0.05, 0.1) is 6.42 Å².